The van der Waals surface area contributed by atoms with Gasteiger partial charge in [-0.05, 0) is 17.7 Å². The average Bonchev–Trinajstić information content (AvgIpc) is 2.83. The van der Waals surface area contributed by atoms with Gasteiger partial charge in [-0.2, -0.15) is 0 Å². The smallest absolute Gasteiger partial charge is 0.274 e. The molecule has 1 aromatic heterocycles. The van der Waals surface area contributed by atoms with Crippen LogP contribution in [0.3, 0.4) is 0 Å². The molecule has 1 N–H and O–H groups in total. The molecular weight excluding hydrogens is 267 g/mol. The molecule has 0 radical (unpaired) electrons. The van der Waals surface area contributed by atoms with E-state index in [-0.39, 0.29) is 11.7 Å². The maximum Gasteiger partial charge on any atom is 0.274 e. The zero-order valence-corrected chi connectivity index (χ0v) is 10.8. The van der Waals surface area contributed by atoms with Crippen LogP contribution in [0.15, 0.2) is 24.3 Å². The van der Waals surface area contributed by atoms with E-state index in [1.807, 2.05) is 0 Å². The SMILES string of the molecule is O=C1NCCc2nc(OCc3ccc(F)cc3)sc21. The van der Waals surface area contributed by atoms with Crippen molar-refractivity contribution in [3.8, 4) is 5.19 Å². The number of hydrogen-bond acceptors (Lipinski definition) is 4. The molecule has 1 aliphatic heterocycles. The second-order valence-corrected chi connectivity index (χ2v) is 5.14. The number of ether oxygens (including phenoxy) is 1. The zero-order valence-electron chi connectivity index (χ0n) is 9.98. The Morgan fingerprint density at radius 3 is 2.89 bits per heavy atom. The van der Waals surface area contributed by atoms with Gasteiger partial charge in [0.05, 0.1) is 5.69 Å². The summed E-state index contributed by atoms with van der Waals surface area (Å²) in [5.74, 6) is -0.361. The summed E-state index contributed by atoms with van der Waals surface area (Å²) in [7, 11) is 0. The fourth-order valence-corrected chi connectivity index (χ4v) is 2.72. The van der Waals surface area contributed by atoms with Gasteiger partial charge in [0.1, 0.15) is 17.3 Å². The molecule has 3 rings (SSSR count). The van der Waals surface area contributed by atoms with E-state index in [9.17, 15) is 9.18 Å². The number of fused-ring (bicyclic) bond motifs is 1. The number of hydrogen-bond donors (Lipinski definition) is 1. The highest BCUT2D eigenvalue weighted by atomic mass is 32.1. The first-order valence-corrected chi connectivity index (χ1v) is 6.69. The van der Waals surface area contributed by atoms with Crippen LogP contribution in [0.5, 0.6) is 5.19 Å². The van der Waals surface area contributed by atoms with Crippen molar-refractivity contribution in [2.24, 2.45) is 0 Å². The zero-order chi connectivity index (χ0) is 13.2. The highest BCUT2D eigenvalue weighted by Crippen LogP contribution is 2.27. The number of nitrogens with one attached hydrogen (secondary N) is 1. The van der Waals surface area contributed by atoms with Crippen molar-refractivity contribution < 1.29 is 13.9 Å². The van der Waals surface area contributed by atoms with E-state index in [1.54, 1.807) is 12.1 Å². The summed E-state index contributed by atoms with van der Waals surface area (Å²) in [6.07, 6.45) is 0.734. The first-order valence-electron chi connectivity index (χ1n) is 5.87. The Labute approximate surface area is 113 Å². The Balaban J connectivity index is 1.70. The number of amides is 1. The van der Waals surface area contributed by atoms with Crippen molar-refractivity contribution in [3.63, 3.8) is 0 Å². The van der Waals surface area contributed by atoms with Crippen LogP contribution in [0.25, 0.3) is 0 Å². The predicted octanol–water partition coefficient (Wildman–Crippen LogP) is 2.15. The van der Waals surface area contributed by atoms with Crippen molar-refractivity contribution in [1.82, 2.24) is 10.3 Å². The lowest BCUT2D eigenvalue weighted by Gasteiger charge is -2.08. The van der Waals surface area contributed by atoms with Crippen LogP contribution >= 0.6 is 11.3 Å². The normalized spacial score (nSPS) is 13.8. The molecule has 4 nitrogen and oxygen atoms in total. The minimum Gasteiger partial charge on any atom is -0.465 e. The molecule has 98 valence electrons. The summed E-state index contributed by atoms with van der Waals surface area (Å²) in [5, 5.41) is 3.24. The van der Waals surface area contributed by atoms with E-state index in [2.05, 4.69) is 10.3 Å². The fourth-order valence-electron chi connectivity index (χ4n) is 1.84. The fraction of sp³-hybridized carbons (Fsp3) is 0.231. The minimum atomic E-state index is -0.273. The maximum atomic E-state index is 12.8. The number of nitrogens with zero attached hydrogens (tertiary/aromatic N) is 1. The molecule has 0 aliphatic carbocycles. The summed E-state index contributed by atoms with van der Waals surface area (Å²) in [6, 6.07) is 6.10. The summed E-state index contributed by atoms with van der Waals surface area (Å²) < 4.78 is 18.3. The average molecular weight is 278 g/mol. The van der Waals surface area contributed by atoms with Crippen molar-refractivity contribution >= 4 is 17.2 Å². The molecule has 0 bridgehead atoms. The van der Waals surface area contributed by atoms with E-state index in [0.717, 1.165) is 17.7 Å². The Hall–Kier alpha value is -1.95. The molecule has 0 unspecified atom stereocenters. The molecule has 1 aromatic carbocycles. The second-order valence-electron chi connectivity index (χ2n) is 4.18. The van der Waals surface area contributed by atoms with Crippen LogP contribution in [-0.4, -0.2) is 17.4 Å². The third kappa shape index (κ3) is 2.58. The van der Waals surface area contributed by atoms with E-state index < -0.39 is 0 Å². The minimum absolute atomic E-state index is 0.0876. The summed E-state index contributed by atoms with van der Waals surface area (Å²) in [5.41, 5.74) is 1.65. The highest BCUT2D eigenvalue weighted by Gasteiger charge is 2.22. The number of benzene rings is 1. The molecule has 6 heteroatoms. The van der Waals surface area contributed by atoms with Crippen molar-refractivity contribution in [2.75, 3.05) is 6.54 Å². The standard InChI is InChI=1S/C13H11FN2O2S/c14-9-3-1-8(2-4-9)7-18-13-16-10-5-6-15-12(17)11(10)19-13/h1-4H,5-7H2,(H,15,17). The van der Waals surface area contributed by atoms with Gasteiger partial charge in [0.15, 0.2) is 0 Å². The Bertz CT molecular complexity index is 610. The van der Waals surface area contributed by atoms with Crippen molar-refractivity contribution in [2.45, 2.75) is 13.0 Å². The van der Waals surface area contributed by atoms with Gasteiger partial charge >= 0.3 is 0 Å². The Kier molecular flexibility index (Phi) is 3.16. The molecule has 2 aromatic rings. The Morgan fingerprint density at radius 1 is 1.37 bits per heavy atom. The first kappa shape index (κ1) is 12.1. The van der Waals surface area contributed by atoms with Crippen molar-refractivity contribution in [3.05, 3.63) is 46.2 Å². The molecule has 1 aliphatic rings. The van der Waals surface area contributed by atoms with Gasteiger partial charge in [-0.1, -0.05) is 23.5 Å². The second kappa shape index (κ2) is 4.97. The molecule has 2 heterocycles. The van der Waals surface area contributed by atoms with Gasteiger partial charge in [-0.15, -0.1) is 0 Å². The first-order chi connectivity index (χ1) is 9.22. The number of aromatic nitrogens is 1. The van der Waals surface area contributed by atoms with E-state index in [0.29, 0.717) is 23.2 Å². The van der Waals surface area contributed by atoms with Crippen LogP contribution in [0.2, 0.25) is 0 Å². The van der Waals surface area contributed by atoms with Gasteiger partial charge in [-0.3, -0.25) is 4.79 Å². The summed E-state index contributed by atoms with van der Waals surface area (Å²) >= 11 is 1.25. The van der Waals surface area contributed by atoms with Gasteiger partial charge in [0.25, 0.3) is 11.1 Å². The highest BCUT2D eigenvalue weighted by molar-refractivity contribution is 7.15. The Morgan fingerprint density at radius 2 is 2.16 bits per heavy atom. The van der Waals surface area contributed by atoms with Crippen LogP contribution < -0.4 is 10.1 Å². The lowest BCUT2D eigenvalue weighted by Crippen LogP contribution is -2.30. The van der Waals surface area contributed by atoms with Crippen LogP contribution in [0, 0.1) is 5.82 Å². The van der Waals surface area contributed by atoms with Crippen LogP contribution in [-0.2, 0) is 13.0 Å². The largest absolute Gasteiger partial charge is 0.465 e. The number of carbonyl (C=O) groups is 1. The molecular formula is C13H11FN2O2S. The van der Waals surface area contributed by atoms with Crippen molar-refractivity contribution in [1.29, 1.82) is 0 Å². The number of rotatable bonds is 3. The van der Waals surface area contributed by atoms with Gasteiger partial charge in [-0.25, -0.2) is 9.37 Å². The van der Waals surface area contributed by atoms with Gasteiger partial charge in [0, 0.05) is 13.0 Å². The quantitative estimate of drug-likeness (QED) is 0.936. The number of halogens is 1. The lowest BCUT2D eigenvalue weighted by molar-refractivity contribution is 0.0950. The third-order valence-electron chi connectivity index (χ3n) is 2.81. The number of thiazole rings is 1. The monoisotopic (exact) mass is 278 g/mol. The summed E-state index contributed by atoms with van der Waals surface area (Å²) in [6.45, 7) is 0.932. The van der Waals surface area contributed by atoms with E-state index >= 15 is 0 Å². The maximum absolute atomic E-state index is 12.8. The van der Waals surface area contributed by atoms with Crippen LogP contribution in [0.1, 0.15) is 20.9 Å². The van der Waals surface area contributed by atoms with E-state index in [4.69, 9.17) is 4.74 Å². The lowest BCUT2D eigenvalue weighted by atomic mass is 10.2. The topological polar surface area (TPSA) is 51.2 Å². The van der Waals surface area contributed by atoms with Crippen LogP contribution in [0.4, 0.5) is 4.39 Å². The molecule has 0 saturated carbocycles. The molecule has 0 spiro atoms. The van der Waals surface area contributed by atoms with E-state index in [1.165, 1.54) is 23.5 Å². The third-order valence-corrected chi connectivity index (χ3v) is 3.82. The number of carbonyl (C=O) groups excluding carboxylic acids is 1. The molecule has 0 atom stereocenters. The van der Waals surface area contributed by atoms with Gasteiger partial charge in [0.2, 0.25) is 0 Å². The van der Waals surface area contributed by atoms with Gasteiger partial charge < -0.3 is 10.1 Å². The molecule has 1 amide bonds. The molecule has 0 saturated heterocycles. The molecule has 19 heavy (non-hydrogen) atoms. The summed E-state index contributed by atoms with van der Waals surface area (Å²) in [4.78, 5) is 16.5. The predicted molar refractivity (Wildman–Crippen MR) is 68.9 cm³/mol. The molecule has 0 fully saturated rings.